The van der Waals surface area contributed by atoms with Crippen LogP contribution in [0.25, 0.3) is 0 Å². The maximum absolute atomic E-state index is 13.4. The Hall–Kier alpha value is -3.35. The number of piperidine rings is 1. The molecule has 162 valence electrons. The van der Waals surface area contributed by atoms with E-state index < -0.39 is 11.6 Å². The lowest BCUT2D eigenvalue weighted by Gasteiger charge is -2.38. The van der Waals surface area contributed by atoms with E-state index in [1.165, 1.54) is 4.90 Å². The fraction of sp³-hybridized carbons (Fsp3) is 0.375. The molecule has 2 fully saturated rings. The minimum absolute atomic E-state index is 0.156. The van der Waals surface area contributed by atoms with Crippen molar-refractivity contribution in [2.24, 2.45) is 0 Å². The van der Waals surface area contributed by atoms with Gasteiger partial charge in [-0.1, -0.05) is 23.8 Å². The van der Waals surface area contributed by atoms with Crippen LogP contribution in [0.5, 0.6) is 5.75 Å². The average molecular weight is 421 g/mol. The van der Waals surface area contributed by atoms with Crippen molar-refractivity contribution in [2.45, 2.75) is 38.8 Å². The van der Waals surface area contributed by atoms with Crippen molar-refractivity contribution < 1.29 is 19.1 Å². The van der Waals surface area contributed by atoms with Crippen LogP contribution >= 0.6 is 0 Å². The Bertz CT molecular complexity index is 1030. The first-order valence-electron chi connectivity index (χ1n) is 10.5. The third kappa shape index (κ3) is 3.87. The molecule has 1 N–H and O–H groups in total. The molecular weight excluding hydrogens is 394 g/mol. The summed E-state index contributed by atoms with van der Waals surface area (Å²) >= 11 is 0. The average Bonchev–Trinajstić information content (AvgIpc) is 2.98. The maximum Gasteiger partial charge on any atom is 0.325 e. The number of nitrogens with zero attached hydrogens (tertiary/aromatic N) is 2. The summed E-state index contributed by atoms with van der Waals surface area (Å²) in [4.78, 5) is 42.0. The van der Waals surface area contributed by atoms with Gasteiger partial charge in [0, 0.05) is 12.1 Å². The Morgan fingerprint density at radius 1 is 1.13 bits per heavy atom. The Morgan fingerprint density at radius 2 is 1.87 bits per heavy atom. The van der Waals surface area contributed by atoms with Crippen molar-refractivity contribution in [3.05, 3.63) is 64.7 Å². The molecule has 0 aromatic heterocycles. The van der Waals surface area contributed by atoms with Gasteiger partial charge in [0.05, 0.1) is 20.2 Å². The summed E-state index contributed by atoms with van der Waals surface area (Å²) in [5.74, 6) is 0.258. The molecule has 2 saturated heterocycles. The van der Waals surface area contributed by atoms with Crippen LogP contribution in [0.15, 0.2) is 42.5 Å². The molecule has 0 saturated carbocycles. The van der Waals surface area contributed by atoms with E-state index >= 15 is 0 Å². The highest BCUT2D eigenvalue weighted by atomic mass is 16.5. The van der Waals surface area contributed by atoms with Crippen molar-refractivity contribution in [2.75, 3.05) is 20.2 Å². The van der Waals surface area contributed by atoms with E-state index in [4.69, 9.17) is 4.74 Å². The van der Waals surface area contributed by atoms with Crippen LogP contribution in [0.4, 0.5) is 4.79 Å². The van der Waals surface area contributed by atoms with Gasteiger partial charge in [0.25, 0.3) is 11.8 Å². The van der Waals surface area contributed by atoms with E-state index in [0.717, 1.165) is 16.7 Å². The molecule has 4 amide bonds. The van der Waals surface area contributed by atoms with Crippen LogP contribution in [0.3, 0.4) is 0 Å². The number of aryl methyl sites for hydroxylation is 2. The number of nitrogens with one attached hydrogen (secondary N) is 1. The first kappa shape index (κ1) is 20.9. The van der Waals surface area contributed by atoms with Gasteiger partial charge in [-0.2, -0.15) is 0 Å². The molecule has 2 heterocycles. The molecule has 7 nitrogen and oxygen atoms in total. The fourth-order valence-electron chi connectivity index (χ4n) is 4.44. The third-order valence-corrected chi connectivity index (χ3v) is 6.19. The van der Waals surface area contributed by atoms with Gasteiger partial charge >= 0.3 is 6.03 Å². The fourth-order valence-corrected chi connectivity index (χ4v) is 4.44. The van der Waals surface area contributed by atoms with Crippen LogP contribution in [0.2, 0.25) is 0 Å². The topological polar surface area (TPSA) is 79.0 Å². The van der Waals surface area contributed by atoms with Gasteiger partial charge in [-0.3, -0.25) is 14.5 Å². The molecule has 2 aliphatic rings. The van der Waals surface area contributed by atoms with Gasteiger partial charge in [0.15, 0.2) is 0 Å². The molecule has 4 rings (SSSR count). The van der Waals surface area contributed by atoms with E-state index in [9.17, 15) is 14.4 Å². The first-order chi connectivity index (χ1) is 14.8. The number of ether oxygens (including phenoxy) is 1. The van der Waals surface area contributed by atoms with E-state index in [0.29, 0.717) is 30.7 Å². The summed E-state index contributed by atoms with van der Waals surface area (Å²) in [5, 5.41) is 2.90. The molecule has 31 heavy (non-hydrogen) atoms. The number of urea groups is 1. The van der Waals surface area contributed by atoms with Gasteiger partial charge in [-0.05, 0) is 62.1 Å². The van der Waals surface area contributed by atoms with Crippen molar-refractivity contribution >= 4 is 17.8 Å². The molecule has 1 atom stereocenters. The van der Waals surface area contributed by atoms with E-state index in [2.05, 4.69) is 5.32 Å². The van der Waals surface area contributed by atoms with Crippen molar-refractivity contribution in [3.63, 3.8) is 0 Å². The molecule has 1 unspecified atom stereocenters. The molecule has 2 aliphatic heterocycles. The van der Waals surface area contributed by atoms with E-state index in [-0.39, 0.29) is 24.9 Å². The Labute approximate surface area is 182 Å². The predicted octanol–water partition coefficient (Wildman–Crippen LogP) is 3.04. The Kier molecular flexibility index (Phi) is 5.43. The summed E-state index contributed by atoms with van der Waals surface area (Å²) in [6, 6.07) is 12.5. The van der Waals surface area contributed by atoms with Gasteiger partial charge in [-0.25, -0.2) is 4.79 Å². The van der Waals surface area contributed by atoms with E-state index in [1.54, 1.807) is 36.3 Å². The van der Waals surface area contributed by atoms with Crippen LogP contribution in [0.1, 0.15) is 39.9 Å². The minimum Gasteiger partial charge on any atom is -0.497 e. The van der Waals surface area contributed by atoms with Crippen molar-refractivity contribution in [1.29, 1.82) is 0 Å². The molecule has 2 aromatic carbocycles. The van der Waals surface area contributed by atoms with Crippen molar-refractivity contribution in [3.8, 4) is 5.75 Å². The molecule has 0 radical (unpaired) electrons. The Morgan fingerprint density at radius 3 is 2.55 bits per heavy atom. The van der Waals surface area contributed by atoms with Crippen LogP contribution < -0.4 is 10.1 Å². The number of imide groups is 1. The van der Waals surface area contributed by atoms with Crippen LogP contribution in [-0.4, -0.2) is 53.4 Å². The summed E-state index contributed by atoms with van der Waals surface area (Å²) in [6.45, 7) is 4.94. The Balaban J connectivity index is 1.52. The number of benzene rings is 2. The summed E-state index contributed by atoms with van der Waals surface area (Å²) in [5.41, 5.74) is 2.59. The highest BCUT2D eigenvalue weighted by Gasteiger charge is 2.53. The summed E-state index contributed by atoms with van der Waals surface area (Å²) in [7, 11) is 1.57. The maximum atomic E-state index is 13.4. The van der Waals surface area contributed by atoms with Crippen LogP contribution in [0, 0.1) is 13.8 Å². The predicted molar refractivity (Wildman–Crippen MR) is 116 cm³/mol. The lowest BCUT2D eigenvalue weighted by molar-refractivity contribution is -0.133. The number of amides is 4. The molecule has 0 bridgehead atoms. The zero-order valence-corrected chi connectivity index (χ0v) is 18.1. The van der Waals surface area contributed by atoms with Gasteiger partial charge in [0.1, 0.15) is 11.3 Å². The number of hydrogen-bond acceptors (Lipinski definition) is 4. The summed E-state index contributed by atoms with van der Waals surface area (Å²) < 4.78 is 5.15. The monoisotopic (exact) mass is 421 g/mol. The van der Waals surface area contributed by atoms with Gasteiger partial charge < -0.3 is 15.0 Å². The van der Waals surface area contributed by atoms with E-state index in [1.807, 2.05) is 32.0 Å². The zero-order chi connectivity index (χ0) is 22.2. The second-order valence-electron chi connectivity index (χ2n) is 8.39. The standard InChI is InChI=1S/C24H27N3O4/c1-16-5-6-19(17(2)13-16)14-27-22(29)24(25-23(27)30)11-4-12-26(15-24)21(28)18-7-9-20(31-3)10-8-18/h5-10,13H,4,11-12,14-15H2,1-3H3,(H,25,30). The quantitative estimate of drug-likeness (QED) is 0.770. The lowest BCUT2D eigenvalue weighted by atomic mass is 9.88. The molecule has 7 heteroatoms. The van der Waals surface area contributed by atoms with Gasteiger partial charge in [0.2, 0.25) is 0 Å². The number of carbonyl (C=O) groups is 3. The molecule has 2 aromatic rings. The number of carbonyl (C=O) groups excluding carboxylic acids is 3. The second-order valence-corrected chi connectivity index (χ2v) is 8.39. The third-order valence-electron chi connectivity index (χ3n) is 6.19. The number of hydrogen-bond donors (Lipinski definition) is 1. The lowest BCUT2D eigenvalue weighted by Crippen LogP contribution is -2.59. The molecule has 1 spiro atoms. The highest BCUT2D eigenvalue weighted by Crippen LogP contribution is 2.30. The summed E-state index contributed by atoms with van der Waals surface area (Å²) in [6.07, 6.45) is 1.17. The number of methoxy groups -OCH3 is 1. The van der Waals surface area contributed by atoms with Crippen LogP contribution in [-0.2, 0) is 11.3 Å². The second kappa shape index (κ2) is 8.06. The number of likely N-dealkylation sites (tertiary alicyclic amines) is 1. The van der Waals surface area contributed by atoms with Gasteiger partial charge in [-0.15, -0.1) is 0 Å². The largest absolute Gasteiger partial charge is 0.497 e. The number of rotatable bonds is 4. The first-order valence-corrected chi connectivity index (χ1v) is 10.5. The molecule has 0 aliphatic carbocycles. The minimum atomic E-state index is -1.06. The van der Waals surface area contributed by atoms with Crippen molar-refractivity contribution in [1.82, 2.24) is 15.1 Å². The highest BCUT2D eigenvalue weighted by molar-refractivity contribution is 6.07. The SMILES string of the molecule is COc1ccc(C(=O)N2CCCC3(C2)NC(=O)N(Cc2ccc(C)cc2C)C3=O)cc1. The smallest absolute Gasteiger partial charge is 0.325 e. The normalized spacial score (nSPS) is 20.9. The zero-order valence-electron chi connectivity index (χ0n) is 18.1. The molecular formula is C24H27N3O4.